The number of aryl methyl sites for hydroxylation is 1. The number of thiophene rings is 1. The highest BCUT2D eigenvalue weighted by molar-refractivity contribution is 7.10. The van der Waals surface area contributed by atoms with Crippen LogP contribution in [0.15, 0.2) is 17.5 Å². The van der Waals surface area contributed by atoms with Gasteiger partial charge in [-0.25, -0.2) is 0 Å². The van der Waals surface area contributed by atoms with Crippen LogP contribution in [-0.4, -0.2) is 16.7 Å². The molecular weight excluding hydrogens is 268 g/mol. The van der Waals surface area contributed by atoms with Gasteiger partial charge in [0.25, 0.3) is 0 Å². The highest BCUT2D eigenvalue weighted by Crippen LogP contribution is 2.38. The molecule has 1 fully saturated rings. The molecule has 1 saturated heterocycles. The summed E-state index contributed by atoms with van der Waals surface area (Å²) in [7, 11) is 0. The van der Waals surface area contributed by atoms with Crippen molar-refractivity contribution in [2.75, 3.05) is 11.4 Å². The van der Waals surface area contributed by atoms with Crippen LogP contribution in [0.2, 0.25) is 0 Å². The van der Waals surface area contributed by atoms with E-state index in [1.807, 2.05) is 13.8 Å². The van der Waals surface area contributed by atoms with E-state index in [1.165, 1.54) is 4.88 Å². The Morgan fingerprint density at radius 3 is 2.95 bits per heavy atom. The van der Waals surface area contributed by atoms with Crippen molar-refractivity contribution in [2.45, 2.75) is 32.7 Å². The Morgan fingerprint density at radius 1 is 1.40 bits per heavy atom. The van der Waals surface area contributed by atoms with Crippen LogP contribution in [0.1, 0.15) is 40.6 Å². The first-order valence-electron chi connectivity index (χ1n) is 6.76. The maximum absolute atomic E-state index is 9.46. The van der Waals surface area contributed by atoms with E-state index >= 15 is 0 Å². The lowest BCUT2D eigenvalue weighted by atomic mass is 10.1. The highest BCUT2D eigenvalue weighted by Gasteiger charge is 2.30. The maximum Gasteiger partial charge on any atom is 0.170 e. The molecule has 1 aliphatic heterocycles. The third-order valence-corrected chi connectivity index (χ3v) is 4.92. The van der Waals surface area contributed by atoms with Crippen LogP contribution in [0.3, 0.4) is 0 Å². The van der Waals surface area contributed by atoms with Crippen LogP contribution in [0.25, 0.3) is 0 Å². The van der Waals surface area contributed by atoms with Gasteiger partial charge >= 0.3 is 0 Å². The molecule has 20 heavy (non-hydrogen) atoms. The van der Waals surface area contributed by atoms with Crippen LogP contribution in [0.4, 0.5) is 5.82 Å². The molecule has 1 aliphatic rings. The van der Waals surface area contributed by atoms with Crippen LogP contribution < -0.4 is 4.90 Å². The van der Waals surface area contributed by atoms with Gasteiger partial charge in [-0.2, -0.15) is 10.4 Å². The van der Waals surface area contributed by atoms with Gasteiger partial charge < -0.3 is 4.90 Å². The van der Waals surface area contributed by atoms with Gasteiger partial charge in [0.2, 0.25) is 0 Å². The van der Waals surface area contributed by atoms with Gasteiger partial charge in [0.1, 0.15) is 11.6 Å². The predicted octanol–water partition coefficient (Wildman–Crippen LogP) is 3.37. The number of nitriles is 1. The largest absolute Gasteiger partial charge is 0.346 e. The summed E-state index contributed by atoms with van der Waals surface area (Å²) >= 11 is 1.77. The Balaban J connectivity index is 2.05. The van der Waals surface area contributed by atoms with Crippen molar-refractivity contribution in [1.29, 1.82) is 5.26 Å². The molecule has 0 N–H and O–H groups in total. The van der Waals surface area contributed by atoms with E-state index in [4.69, 9.17) is 0 Å². The molecular formula is C15H16N4S. The highest BCUT2D eigenvalue weighted by atomic mass is 32.1. The minimum absolute atomic E-state index is 0.332. The van der Waals surface area contributed by atoms with Gasteiger partial charge in [0, 0.05) is 11.4 Å². The molecule has 102 valence electrons. The third kappa shape index (κ3) is 2.06. The van der Waals surface area contributed by atoms with E-state index in [0.29, 0.717) is 11.6 Å². The Bertz CT molecular complexity index is 657. The van der Waals surface area contributed by atoms with Crippen molar-refractivity contribution < 1.29 is 0 Å². The van der Waals surface area contributed by atoms with Crippen LogP contribution in [-0.2, 0) is 0 Å². The zero-order valence-electron chi connectivity index (χ0n) is 11.6. The Labute approximate surface area is 122 Å². The first-order valence-corrected chi connectivity index (χ1v) is 7.64. The van der Waals surface area contributed by atoms with Crippen molar-refractivity contribution in [3.63, 3.8) is 0 Å². The second-order valence-corrected chi connectivity index (χ2v) is 6.07. The van der Waals surface area contributed by atoms with E-state index in [1.54, 1.807) is 11.3 Å². The fourth-order valence-electron chi connectivity index (χ4n) is 2.73. The van der Waals surface area contributed by atoms with Crippen molar-refractivity contribution in [3.8, 4) is 6.07 Å². The molecule has 4 nitrogen and oxygen atoms in total. The standard InChI is InChI=1S/C15H16N4S/c1-10-11(2)17-18-15(12(10)9-16)19-7-3-5-13(19)14-6-4-8-20-14/h4,6,8,13H,3,5,7H2,1-2H3/t13-/m1/s1. The molecule has 0 radical (unpaired) electrons. The molecule has 2 aromatic rings. The van der Waals surface area contributed by atoms with Crippen molar-refractivity contribution >= 4 is 17.2 Å². The van der Waals surface area contributed by atoms with Crippen molar-refractivity contribution in [3.05, 3.63) is 39.2 Å². The summed E-state index contributed by atoms with van der Waals surface area (Å²) in [4.78, 5) is 3.58. The molecule has 0 amide bonds. The topological polar surface area (TPSA) is 52.8 Å². The maximum atomic E-state index is 9.46. The fraction of sp³-hybridized carbons (Fsp3) is 0.400. The average molecular weight is 284 g/mol. The molecule has 0 aliphatic carbocycles. The van der Waals surface area contributed by atoms with Crippen LogP contribution in [0, 0.1) is 25.2 Å². The molecule has 1 atom stereocenters. The third-order valence-electron chi connectivity index (χ3n) is 3.94. The number of nitrogens with zero attached hydrogens (tertiary/aromatic N) is 4. The molecule has 0 saturated carbocycles. The first kappa shape index (κ1) is 13.1. The number of aromatic nitrogens is 2. The van der Waals surface area contributed by atoms with Crippen LogP contribution >= 0.6 is 11.3 Å². The van der Waals surface area contributed by atoms with Gasteiger partial charge in [-0.3, -0.25) is 0 Å². The lowest BCUT2D eigenvalue weighted by Gasteiger charge is -2.25. The van der Waals surface area contributed by atoms with E-state index < -0.39 is 0 Å². The summed E-state index contributed by atoms with van der Waals surface area (Å²) in [5.74, 6) is 0.742. The Hall–Kier alpha value is -1.93. The lowest BCUT2D eigenvalue weighted by Crippen LogP contribution is -2.25. The minimum atomic E-state index is 0.332. The monoisotopic (exact) mass is 284 g/mol. The van der Waals surface area contributed by atoms with E-state index in [9.17, 15) is 5.26 Å². The van der Waals surface area contributed by atoms with Gasteiger partial charge in [-0.15, -0.1) is 16.4 Å². The molecule has 2 aromatic heterocycles. The Kier molecular flexibility index (Phi) is 3.41. The van der Waals surface area contributed by atoms with Gasteiger partial charge in [0.15, 0.2) is 5.82 Å². The quantitative estimate of drug-likeness (QED) is 0.848. The summed E-state index contributed by atoms with van der Waals surface area (Å²) in [6.45, 7) is 4.78. The number of hydrogen-bond acceptors (Lipinski definition) is 5. The van der Waals surface area contributed by atoms with Crippen molar-refractivity contribution in [2.24, 2.45) is 0 Å². The van der Waals surface area contributed by atoms with E-state index in [2.05, 4.69) is 38.7 Å². The molecule has 3 heterocycles. The molecule has 0 aromatic carbocycles. The SMILES string of the molecule is Cc1nnc(N2CCC[C@@H]2c2cccs2)c(C#N)c1C. The lowest BCUT2D eigenvalue weighted by molar-refractivity contribution is 0.715. The molecule has 3 rings (SSSR count). The van der Waals surface area contributed by atoms with Gasteiger partial charge in [-0.1, -0.05) is 6.07 Å². The Morgan fingerprint density at radius 2 is 2.25 bits per heavy atom. The number of rotatable bonds is 2. The second-order valence-electron chi connectivity index (χ2n) is 5.09. The summed E-state index contributed by atoms with van der Waals surface area (Å²) in [6, 6.07) is 6.88. The normalized spacial score (nSPS) is 18.2. The summed E-state index contributed by atoms with van der Waals surface area (Å²) < 4.78 is 0. The first-order chi connectivity index (χ1) is 9.72. The smallest absolute Gasteiger partial charge is 0.170 e. The summed E-state index contributed by atoms with van der Waals surface area (Å²) in [6.07, 6.45) is 2.24. The molecule has 0 unspecified atom stereocenters. The number of anilines is 1. The summed E-state index contributed by atoms with van der Waals surface area (Å²) in [5, 5.41) is 20.1. The van der Waals surface area contributed by atoms with E-state index in [-0.39, 0.29) is 0 Å². The van der Waals surface area contributed by atoms with Crippen molar-refractivity contribution in [1.82, 2.24) is 10.2 Å². The molecule has 5 heteroatoms. The number of hydrogen-bond donors (Lipinski definition) is 0. The molecule has 0 bridgehead atoms. The minimum Gasteiger partial charge on any atom is -0.346 e. The fourth-order valence-corrected chi connectivity index (χ4v) is 3.60. The zero-order valence-corrected chi connectivity index (χ0v) is 12.4. The van der Waals surface area contributed by atoms with Gasteiger partial charge in [0.05, 0.1) is 11.7 Å². The molecule has 0 spiro atoms. The zero-order chi connectivity index (χ0) is 14.1. The summed E-state index contributed by atoms with van der Waals surface area (Å²) in [5.41, 5.74) is 2.44. The predicted molar refractivity (Wildman–Crippen MR) is 79.9 cm³/mol. The second kappa shape index (κ2) is 5.22. The van der Waals surface area contributed by atoms with Crippen LogP contribution in [0.5, 0.6) is 0 Å². The van der Waals surface area contributed by atoms with E-state index in [0.717, 1.165) is 36.5 Å². The van der Waals surface area contributed by atoms with Gasteiger partial charge in [-0.05, 0) is 43.7 Å². The average Bonchev–Trinajstić information content (AvgIpc) is 3.10.